The fourth-order valence-electron chi connectivity index (χ4n) is 2.73. The number of hydrogen-bond acceptors (Lipinski definition) is 4. The van der Waals surface area contributed by atoms with Gasteiger partial charge in [0, 0.05) is 35.8 Å². The Hall–Kier alpha value is -0.870. The van der Waals surface area contributed by atoms with Gasteiger partial charge in [0.05, 0.1) is 13.2 Å². The van der Waals surface area contributed by atoms with Crippen LogP contribution in [0.3, 0.4) is 0 Å². The van der Waals surface area contributed by atoms with Crippen molar-refractivity contribution in [2.75, 3.05) is 42.3 Å². The van der Waals surface area contributed by atoms with Crippen molar-refractivity contribution < 1.29 is 4.74 Å². The molecule has 0 bridgehead atoms. The molecule has 0 radical (unpaired) electrons. The largest absolute Gasteiger partial charge is 0.381 e. The van der Waals surface area contributed by atoms with E-state index in [4.69, 9.17) is 4.74 Å². The third kappa shape index (κ3) is 3.18. The van der Waals surface area contributed by atoms with E-state index in [1.54, 1.807) is 0 Å². The molecule has 0 aliphatic carbocycles. The molecule has 0 saturated carbocycles. The molecule has 2 aliphatic rings. The molecule has 1 N–H and O–H groups in total. The van der Waals surface area contributed by atoms with Gasteiger partial charge in [-0.15, -0.1) is 0 Å². The van der Waals surface area contributed by atoms with Crippen LogP contribution in [0.4, 0.5) is 11.4 Å². The first-order chi connectivity index (χ1) is 9.33. The van der Waals surface area contributed by atoms with Crippen LogP contribution in [0.2, 0.25) is 0 Å². The Bertz CT molecular complexity index is 403. The van der Waals surface area contributed by atoms with Crippen LogP contribution in [0.5, 0.6) is 0 Å². The van der Waals surface area contributed by atoms with E-state index < -0.39 is 0 Å². The highest BCUT2D eigenvalue weighted by Crippen LogP contribution is 2.29. The molecule has 2 heterocycles. The van der Waals surface area contributed by atoms with Gasteiger partial charge in [-0.3, -0.25) is 0 Å². The standard InChI is InChI=1S/C15H22N2OS/c1-12-15(6-11-19-12)16-13-2-4-14(5-3-13)17-7-9-18-10-8-17/h2-5,12,15-16H,6-11H2,1H3. The molecule has 1 aromatic rings. The molecule has 2 aliphatic heterocycles. The average molecular weight is 278 g/mol. The van der Waals surface area contributed by atoms with E-state index in [0.717, 1.165) is 31.6 Å². The topological polar surface area (TPSA) is 24.5 Å². The predicted molar refractivity (Wildman–Crippen MR) is 83.4 cm³/mol. The van der Waals surface area contributed by atoms with E-state index >= 15 is 0 Å². The molecule has 0 aromatic heterocycles. The monoisotopic (exact) mass is 278 g/mol. The van der Waals surface area contributed by atoms with Crippen molar-refractivity contribution in [2.24, 2.45) is 0 Å². The number of nitrogens with one attached hydrogen (secondary N) is 1. The zero-order chi connectivity index (χ0) is 13.1. The zero-order valence-corrected chi connectivity index (χ0v) is 12.3. The first kappa shape index (κ1) is 13.1. The molecule has 104 valence electrons. The number of morpholine rings is 1. The van der Waals surface area contributed by atoms with Crippen LogP contribution in [0.25, 0.3) is 0 Å². The lowest BCUT2D eigenvalue weighted by molar-refractivity contribution is 0.122. The predicted octanol–water partition coefficient (Wildman–Crippen LogP) is 2.83. The Kier molecular flexibility index (Phi) is 4.18. The van der Waals surface area contributed by atoms with Crippen molar-refractivity contribution in [3.8, 4) is 0 Å². The Balaban J connectivity index is 1.61. The number of nitrogens with zero attached hydrogens (tertiary/aromatic N) is 1. The summed E-state index contributed by atoms with van der Waals surface area (Å²) < 4.78 is 5.39. The lowest BCUT2D eigenvalue weighted by atomic mass is 10.1. The van der Waals surface area contributed by atoms with Crippen molar-refractivity contribution in [1.82, 2.24) is 0 Å². The number of ether oxygens (including phenoxy) is 1. The second-order valence-electron chi connectivity index (χ2n) is 5.26. The van der Waals surface area contributed by atoms with Gasteiger partial charge in [-0.1, -0.05) is 6.92 Å². The first-order valence-corrected chi connectivity index (χ1v) is 8.19. The average Bonchev–Trinajstić information content (AvgIpc) is 2.86. The molecule has 2 fully saturated rings. The molecule has 2 saturated heterocycles. The van der Waals surface area contributed by atoms with Crippen molar-refractivity contribution in [3.63, 3.8) is 0 Å². The van der Waals surface area contributed by atoms with Gasteiger partial charge in [0.1, 0.15) is 0 Å². The van der Waals surface area contributed by atoms with Crippen LogP contribution in [0, 0.1) is 0 Å². The van der Waals surface area contributed by atoms with E-state index in [1.807, 2.05) is 0 Å². The van der Waals surface area contributed by atoms with Gasteiger partial charge in [-0.2, -0.15) is 11.8 Å². The summed E-state index contributed by atoms with van der Waals surface area (Å²) in [6.07, 6.45) is 1.27. The van der Waals surface area contributed by atoms with Crippen LogP contribution in [-0.4, -0.2) is 43.3 Å². The first-order valence-electron chi connectivity index (χ1n) is 7.14. The van der Waals surface area contributed by atoms with E-state index in [9.17, 15) is 0 Å². The minimum atomic E-state index is 0.624. The summed E-state index contributed by atoms with van der Waals surface area (Å²) in [7, 11) is 0. The summed E-state index contributed by atoms with van der Waals surface area (Å²) in [6, 6.07) is 9.49. The van der Waals surface area contributed by atoms with Crippen LogP contribution >= 0.6 is 11.8 Å². The molecule has 2 unspecified atom stereocenters. The van der Waals surface area contributed by atoms with Crippen LogP contribution in [0.15, 0.2) is 24.3 Å². The minimum Gasteiger partial charge on any atom is -0.381 e. The summed E-state index contributed by atoms with van der Waals surface area (Å²) in [5.74, 6) is 1.28. The molecule has 2 atom stereocenters. The molecule has 4 heteroatoms. The third-order valence-electron chi connectivity index (χ3n) is 3.97. The summed E-state index contributed by atoms with van der Waals surface area (Å²) in [5, 5.41) is 4.38. The SMILES string of the molecule is CC1SCCC1Nc1ccc(N2CCOCC2)cc1. The lowest BCUT2D eigenvalue weighted by Crippen LogP contribution is -2.36. The number of rotatable bonds is 3. The smallest absolute Gasteiger partial charge is 0.0642 e. The Morgan fingerprint density at radius 3 is 2.58 bits per heavy atom. The second-order valence-corrected chi connectivity index (χ2v) is 6.75. The highest BCUT2D eigenvalue weighted by molar-refractivity contribution is 8.00. The molecule has 3 nitrogen and oxygen atoms in total. The lowest BCUT2D eigenvalue weighted by Gasteiger charge is -2.29. The number of benzene rings is 1. The van der Waals surface area contributed by atoms with Gasteiger partial charge in [0.15, 0.2) is 0 Å². The fraction of sp³-hybridized carbons (Fsp3) is 0.600. The zero-order valence-electron chi connectivity index (χ0n) is 11.5. The molecule has 0 spiro atoms. The Morgan fingerprint density at radius 1 is 1.21 bits per heavy atom. The van der Waals surface area contributed by atoms with Crippen LogP contribution < -0.4 is 10.2 Å². The number of thioether (sulfide) groups is 1. The van der Waals surface area contributed by atoms with Gasteiger partial charge in [-0.25, -0.2) is 0 Å². The quantitative estimate of drug-likeness (QED) is 0.919. The Morgan fingerprint density at radius 2 is 1.95 bits per heavy atom. The fourth-order valence-corrected chi connectivity index (χ4v) is 3.92. The molecule has 19 heavy (non-hydrogen) atoms. The highest BCUT2D eigenvalue weighted by Gasteiger charge is 2.23. The van der Waals surface area contributed by atoms with E-state index in [1.165, 1.54) is 23.5 Å². The third-order valence-corrected chi connectivity index (χ3v) is 5.30. The van der Waals surface area contributed by atoms with E-state index in [-0.39, 0.29) is 0 Å². The van der Waals surface area contributed by atoms with Gasteiger partial charge < -0.3 is 15.0 Å². The Labute approximate surface area is 119 Å². The van der Waals surface area contributed by atoms with Gasteiger partial charge in [0.2, 0.25) is 0 Å². The molecule has 0 amide bonds. The van der Waals surface area contributed by atoms with Gasteiger partial charge in [-0.05, 0) is 36.4 Å². The molecular weight excluding hydrogens is 256 g/mol. The van der Waals surface area contributed by atoms with E-state index in [0.29, 0.717) is 6.04 Å². The maximum absolute atomic E-state index is 5.39. The summed E-state index contributed by atoms with van der Waals surface area (Å²) >= 11 is 2.07. The van der Waals surface area contributed by atoms with Gasteiger partial charge in [0.25, 0.3) is 0 Å². The maximum Gasteiger partial charge on any atom is 0.0642 e. The van der Waals surface area contributed by atoms with Crippen LogP contribution in [0.1, 0.15) is 13.3 Å². The van der Waals surface area contributed by atoms with E-state index in [2.05, 4.69) is 53.2 Å². The molecule has 3 rings (SSSR count). The van der Waals surface area contributed by atoms with Gasteiger partial charge >= 0.3 is 0 Å². The maximum atomic E-state index is 5.39. The minimum absolute atomic E-state index is 0.624. The van der Waals surface area contributed by atoms with Crippen LogP contribution in [-0.2, 0) is 4.74 Å². The summed E-state index contributed by atoms with van der Waals surface area (Å²) in [4.78, 5) is 2.39. The van der Waals surface area contributed by atoms with Crippen molar-refractivity contribution in [2.45, 2.75) is 24.6 Å². The van der Waals surface area contributed by atoms with Crippen molar-refractivity contribution in [3.05, 3.63) is 24.3 Å². The highest BCUT2D eigenvalue weighted by atomic mass is 32.2. The normalized spacial score (nSPS) is 27.5. The second kappa shape index (κ2) is 6.06. The molecular formula is C15H22N2OS. The number of hydrogen-bond donors (Lipinski definition) is 1. The summed E-state index contributed by atoms with van der Waals surface area (Å²) in [6.45, 7) is 6.01. The number of anilines is 2. The molecule has 1 aromatic carbocycles. The van der Waals surface area contributed by atoms with Crippen molar-refractivity contribution >= 4 is 23.1 Å². The van der Waals surface area contributed by atoms with Crippen molar-refractivity contribution in [1.29, 1.82) is 0 Å². The summed E-state index contributed by atoms with van der Waals surface area (Å²) in [5.41, 5.74) is 2.55.